The van der Waals surface area contributed by atoms with Gasteiger partial charge in [-0.15, -0.1) is 0 Å². The fraction of sp³-hybridized carbons (Fsp3) is 0.500. The maximum atomic E-state index is 12.0. The first-order valence-electron chi connectivity index (χ1n) is 5.93. The average molecular weight is 270 g/mol. The molecule has 1 saturated carbocycles. The molecule has 2 rings (SSSR count). The van der Waals surface area contributed by atoms with Gasteiger partial charge in [0.15, 0.2) is 0 Å². The SMILES string of the molecule is CCOC1CC(NC(=O)c2cc(N)cnc2Cl)C1. The van der Waals surface area contributed by atoms with Crippen LogP contribution in [0.15, 0.2) is 12.3 Å². The first kappa shape index (κ1) is 13.1. The van der Waals surface area contributed by atoms with E-state index in [0.717, 1.165) is 12.8 Å². The quantitative estimate of drug-likeness (QED) is 0.814. The molecular weight excluding hydrogens is 254 g/mol. The summed E-state index contributed by atoms with van der Waals surface area (Å²) in [6, 6.07) is 1.68. The number of nitrogens with zero attached hydrogens (tertiary/aromatic N) is 1. The minimum atomic E-state index is -0.236. The van der Waals surface area contributed by atoms with Gasteiger partial charge in [-0.05, 0) is 25.8 Å². The largest absolute Gasteiger partial charge is 0.397 e. The van der Waals surface area contributed by atoms with Gasteiger partial charge in [0, 0.05) is 12.6 Å². The summed E-state index contributed by atoms with van der Waals surface area (Å²) in [6.07, 6.45) is 3.36. The number of hydrogen-bond donors (Lipinski definition) is 2. The topological polar surface area (TPSA) is 77.2 Å². The Kier molecular flexibility index (Phi) is 4.04. The van der Waals surface area contributed by atoms with Crippen LogP contribution in [0.4, 0.5) is 5.69 Å². The van der Waals surface area contributed by atoms with Crippen molar-refractivity contribution in [1.29, 1.82) is 0 Å². The zero-order chi connectivity index (χ0) is 13.1. The van der Waals surface area contributed by atoms with Crippen LogP contribution in [0.3, 0.4) is 0 Å². The molecule has 3 N–H and O–H groups in total. The number of nitrogens with one attached hydrogen (secondary N) is 1. The molecule has 0 atom stereocenters. The lowest BCUT2D eigenvalue weighted by Gasteiger charge is -2.35. The number of aromatic nitrogens is 1. The molecule has 1 aromatic heterocycles. The van der Waals surface area contributed by atoms with Gasteiger partial charge >= 0.3 is 0 Å². The van der Waals surface area contributed by atoms with E-state index in [1.54, 1.807) is 0 Å². The highest BCUT2D eigenvalue weighted by atomic mass is 35.5. The van der Waals surface area contributed by atoms with Gasteiger partial charge in [-0.25, -0.2) is 4.98 Å². The number of nitrogens with two attached hydrogens (primary N) is 1. The molecule has 98 valence electrons. The molecule has 0 aromatic carbocycles. The van der Waals surface area contributed by atoms with Crippen molar-refractivity contribution in [2.24, 2.45) is 0 Å². The molecule has 1 aromatic rings. The number of rotatable bonds is 4. The average Bonchev–Trinajstić information content (AvgIpc) is 2.29. The first-order chi connectivity index (χ1) is 8.60. The van der Waals surface area contributed by atoms with Crippen molar-refractivity contribution in [2.45, 2.75) is 31.9 Å². The second kappa shape index (κ2) is 5.54. The van der Waals surface area contributed by atoms with E-state index in [4.69, 9.17) is 22.1 Å². The Morgan fingerprint density at radius 1 is 1.67 bits per heavy atom. The molecule has 1 amide bonds. The van der Waals surface area contributed by atoms with Gasteiger partial charge in [0.2, 0.25) is 0 Å². The predicted molar refractivity (Wildman–Crippen MR) is 69.6 cm³/mol. The number of nitrogen functional groups attached to an aromatic ring is 1. The second-order valence-electron chi connectivity index (χ2n) is 4.33. The second-order valence-corrected chi connectivity index (χ2v) is 4.68. The Morgan fingerprint density at radius 3 is 3.06 bits per heavy atom. The number of carbonyl (C=O) groups is 1. The van der Waals surface area contributed by atoms with Crippen LogP contribution >= 0.6 is 11.6 Å². The number of anilines is 1. The van der Waals surface area contributed by atoms with Crippen molar-refractivity contribution >= 4 is 23.2 Å². The smallest absolute Gasteiger partial charge is 0.254 e. The first-order valence-corrected chi connectivity index (χ1v) is 6.31. The van der Waals surface area contributed by atoms with Crippen LogP contribution in [0, 0.1) is 0 Å². The van der Waals surface area contributed by atoms with Gasteiger partial charge in [-0.2, -0.15) is 0 Å². The third-order valence-electron chi connectivity index (χ3n) is 2.94. The van der Waals surface area contributed by atoms with Crippen LogP contribution in [0.25, 0.3) is 0 Å². The third-order valence-corrected chi connectivity index (χ3v) is 3.24. The summed E-state index contributed by atoms with van der Waals surface area (Å²) in [5.41, 5.74) is 6.32. The number of pyridine rings is 1. The normalized spacial score (nSPS) is 22.3. The van der Waals surface area contributed by atoms with Crippen molar-refractivity contribution in [1.82, 2.24) is 10.3 Å². The van der Waals surface area contributed by atoms with E-state index in [0.29, 0.717) is 17.9 Å². The van der Waals surface area contributed by atoms with Gasteiger partial charge in [-0.1, -0.05) is 11.6 Å². The van der Waals surface area contributed by atoms with E-state index < -0.39 is 0 Å². The summed E-state index contributed by atoms with van der Waals surface area (Å²) in [5.74, 6) is -0.236. The van der Waals surface area contributed by atoms with Gasteiger partial charge in [0.05, 0.1) is 23.6 Å². The van der Waals surface area contributed by atoms with Gasteiger partial charge in [0.1, 0.15) is 5.15 Å². The minimum Gasteiger partial charge on any atom is -0.397 e. The molecule has 5 nitrogen and oxygen atoms in total. The maximum absolute atomic E-state index is 12.0. The number of halogens is 1. The van der Waals surface area contributed by atoms with Crippen molar-refractivity contribution in [2.75, 3.05) is 12.3 Å². The van der Waals surface area contributed by atoms with Gasteiger partial charge in [0.25, 0.3) is 5.91 Å². The van der Waals surface area contributed by atoms with Crippen molar-refractivity contribution < 1.29 is 9.53 Å². The van der Waals surface area contributed by atoms with Crippen LogP contribution in [0.1, 0.15) is 30.1 Å². The highest BCUT2D eigenvalue weighted by Crippen LogP contribution is 2.24. The monoisotopic (exact) mass is 269 g/mol. The lowest BCUT2D eigenvalue weighted by atomic mass is 9.89. The lowest BCUT2D eigenvalue weighted by molar-refractivity contribution is -0.00862. The highest BCUT2D eigenvalue weighted by Gasteiger charge is 2.31. The molecule has 1 aliphatic rings. The van der Waals surface area contributed by atoms with Gasteiger partial charge in [-0.3, -0.25) is 4.79 Å². The van der Waals surface area contributed by atoms with E-state index in [2.05, 4.69) is 10.3 Å². The molecule has 0 saturated heterocycles. The molecule has 1 fully saturated rings. The molecule has 0 spiro atoms. The van der Waals surface area contributed by atoms with E-state index >= 15 is 0 Å². The van der Waals surface area contributed by atoms with Crippen molar-refractivity contribution in [3.8, 4) is 0 Å². The Bertz CT molecular complexity index is 447. The number of hydrogen-bond acceptors (Lipinski definition) is 4. The number of carbonyl (C=O) groups excluding carboxylic acids is 1. The summed E-state index contributed by atoms with van der Waals surface area (Å²) in [6.45, 7) is 2.67. The van der Waals surface area contributed by atoms with Crippen LogP contribution < -0.4 is 11.1 Å². The van der Waals surface area contributed by atoms with Crippen LogP contribution in [-0.4, -0.2) is 29.6 Å². The van der Waals surface area contributed by atoms with E-state index in [1.807, 2.05) is 6.92 Å². The van der Waals surface area contributed by atoms with E-state index in [-0.39, 0.29) is 23.2 Å². The molecular formula is C12H16ClN3O2. The van der Waals surface area contributed by atoms with E-state index in [1.165, 1.54) is 12.3 Å². The Morgan fingerprint density at radius 2 is 2.39 bits per heavy atom. The zero-order valence-electron chi connectivity index (χ0n) is 10.1. The summed E-state index contributed by atoms with van der Waals surface area (Å²) in [7, 11) is 0. The van der Waals surface area contributed by atoms with Crippen LogP contribution in [0.5, 0.6) is 0 Å². The maximum Gasteiger partial charge on any atom is 0.254 e. The minimum absolute atomic E-state index is 0.145. The molecule has 0 aliphatic heterocycles. The Balaban J connectivity index is 1.91. The summed E-state index contributed by atoms with van der Waals surface area (Å²) in [5, 5.41) is 3.06. The third kappa shape index (κ3) is 2.91. The molecule has 1 aliphatic carbocycles. The van der Waals surface area contributed by atoms with Gasteiger partial charge < -0.3 is 15.8 Å². The van der Waals surface area contributed by atoms with E-state index in [9.17, 15) is 4.79 Å². The summed E-state index contributed by atoms with van der Waals surface area (Å²) in [4.78, 5) is 15.8. The summed E-state index contributed by atoms with van der Waals surface area (Å²) >= 11 is 5.86. The zero-order valence-corrected chi connectivity index (χ0v) is 10.9. The Labute approximate surface area is 111 Å². The van der Waals surface area contributed by atoms with Crippen molar-refractivity contribution in [3.63, 3.8) is 0 Å². The molecule has 6 heteroatoms. The van der Waals surface area contributed by atoms with Crippen LogP contribution in [-0.2, 0) is 4.74 Å². The van der Waals surface area contributed by atoms with Crippen molar-refractivity contribution in [3.05, 3.63) is 23.0 Å². The summed E-state index contributed by atoms with van der Waals surface area (Å²) < 4.78 is 5.43. The standard InChI is InChI=1S/C12H16ClN3O2/c1-2-18-9-4-8(5-9)16-12(17)10-3-7(14)6-15-11(10)13/h3,6,8-9H,2,4-5,14H2,1H3,(H,16,17). The molecule has 18 heavy (non-hydrogen) atoms. The molecule has 0 radical (unpaired) electrons. The highest BCUT2D eigenvalue weighted by molar-refractivity contribution is 6.32. The predicted octanol–water partition coefficient (Wildman–Crippen LogP) is 1.61. The molecule has 1 heterocycles. The fourth-order valence-corrected chi connectivity index (χ4v) is 2.13. The lowest BCUT2D eigenvalue weighted by Crippen LogP contribution is -2.47. The number of ether oxygens (including phenoxy) is 1. The fourth-order valence-electron chi connectivity index (χ4n) is 1.94. The molecule has 0 unspecified atom stereocenters. The number of amides is 1. The Hall–Kier alpha value is -1.33. The molecule has 0 bridgehead atoms. The van der Waals surface area contributed by atoms with Crippen LogP contribution in [0.2, 0.25) is 5.15 Å².